The SMILES string of the molecule is COc1ccccc1N1C[C@@H](c2nc3ccccc3n2CCOc2ccc(C)cc2C)CC1=O. The molecule has 1 atom stereocenters. The lowest BCUT2D eigenvalue weighted by Gasteiger charge is -2.20. The van der Waals surface area contributed by atoms with Gasteiger partial charge in [0.05, 0.1) is 30.4 Å². The number of fused-ring (bicyclic) bond motifs is 1. The van der Waals surface area contributed by atoms with E-state index < -0.39 is 0 Å². The highest BCUT2D eigenvalue weighted by Gasteiger charge is 2.35. The van der Waals surface area contributed by atoms with Crippen LogP contribution in [0.25, 0.3) is 11.0 Å². The van der Waals surface area contributed by atoms with E-state index >= 15 is 0 Å². The Morgan fingerprint density at radius 2 is 1.79 bits per heavy atom. The average molecular weight is 456 g/mol. The van der Waals surface area contributed by atoms with Crippen LogP contribution in [-0.4, -0.2) is 35.7 Å². The predicted molar refractivity (Wildman–Crippen MR) is 134 cm³/mol. The van der Waals surface area contributed by atoms with E-state index in [1.54, 1.807) is 7.11 Å². The van der Waals surface area contributed by atoms with Crippen LogP contribution in [0, 0.1) is 13.8 Å². The molecule has 1 saturated heterocycles. The summed E-state index contributed by atoms with van der Waals surface area (Å²) in [7, 11) is 1.63. The first kappa shape index (κ1) is 22.0. The molecule has 34 heavy (non-hydrogen) atoms. The topological polar surface area (TPSA) is 56.6 Å². The number of nitrogens with zero attached hydrogens (tertiary/aromatic N) is 3. The summed E-state index contributed by atoms with van der Waals surface area (Å²) in [6, 6.07) is 22.0. The van der Waals surface area contributed by atoms with Crippen molar-refractivity contribution in [1.82, 2.24) is 9.55 Å². The van der Waals surface area contributed by atoms with Gasteiger partial charge in [0.15, 0.2) is 0 Å². The van der Waals surface area contributed by atoms with Gasteiger partial charge < -0.3 is 18.9 Å². The predicted octanol–water partition coefficient (Wildman–Crippen LogP) is 5.26. The number of aryl methyl sites for hydroxylation is 2. The summed E-state index contributed by atoms with van der Waals surface area (Å²) >= 11 is 0. The molecule has 6 nitrogen and oxygen atoms in total. The minimum Gasteiger partial charge on any atom is -0.495 e. The van der Waals surface area contributed by atoms with Crippen LogP contribution in [0.15, 0.2) is 66.7 Å². The maximum atomic E-state index is 13.0. The Labute approximate surface area is 199 Å². The molecule has 2 heterocycles. The van der Waals surface area contributed by atoms with E-state index in [0.29, 0.717) is 31.9 Å². The second-order valence-electron chi connectivity index (χ2n) is 8.81. The fourth-order valence-corrected chi connectivity index (χ4v) is 4.82. The Bertz CT molecular complexity index is 1340. The molecule has 174 valence electrons. The van der Waals surface area contributed by atoms with E-state index in [-0.39, 0.29) is 11.8 Å². The van der Waals surface area contributed by atoms with Crippen molar-refractivity contribution in [2.45, 2.75) is 32.7 Å². The Morgan fingerprint density at radius 1 is 1.00 bits per heavy atom. The zero-order valence-corrected chi connectivity index (χ0v) is 19.8. The van der Waals surface area contributed by atoms with E-state index in [2.05, 4.69) is 36.6 Å². The molecule has 4 aromatic rings. The van der Waals surface area contributed by atoms with Crippen molar-refractivity contribution in [1.29, 1.82) is 0 Å². The monoisotopic (exact) mass is 455 g/mol. The number of anilines is 1. The van der Waals surface area contributed by atoms with Crippen LogP contribution in [-0.2, 0) is 11.3 Å². The highest BCUT2D eigenvalue weighted by atomic mass is 16.5. The van der Waals surface area contributed by atoms with E-state index in [1.165, 1.54) is 5.56 Å². The van der Waals surface area contributed by atoms with Gasteiger partial charge >= 0.3 is 0 Å². The van der Waals surface area contributed by atoms with Crippen LogP contribution in [0.2, 0.25) is 0 Å². The largest absolute Gasteiger partial charge is 0.495 e. The average Bonchev–Trinajstić information content (AvgIpc) is 3.41. The summed E-state index contributed by atoms with van der Waals surface area (Å²) in [6.07, 6.45) is 0.416. The number of benzene rings is 3. The molecule has 0 spiro atoms. The number of hydrogen-bond acceptors (Lipinski definition) is 4. The standard InChI is InChI=1S/C28H29N3O3/c1-19-12-13-25(20(2)16-19)34-15-14-30-23-9-5-4-8-22(23)29-28(30)21-17-27(32)31(18-21)24-10-6-7-11-26(24)33-3/h4-13,16,21H,14-15,17-18H2,1-3H3/t21-/m0/s1. The molecule has 3 aromatic carbocycles. The third-order valence-electron chi connectivity index (χ3n) is 6.45. The minimum atomic E-state index is -0.00840. The Balaban J connectivity index is 1.41. The second-order valence-corrected chi connectivity index (χ2v) is 8.81. The fourth-order valence-electron chi connectivity index (χ4n) is 4.82. The zero-order valence-electron chi connectivity index (χ0n) is 19.8. The highest BCUT2D eigenvalue weighted by molar-refractivity contribution is 5.97. The van der Waals surface area contributed by atoms with Crippen LogP contribution < -0.4 is 14.4 Å². The smallest absolute Gasteiger partial charge is 0.227 e. The summed E-state index contributed by atoms with van der Waals surface area (Å²) in [5.74, 6) is 2.60. The quantitative estimate of drug-likeness (QED) is 0.381. The number of hydrogen-bond donors (Lipinski definition) is 0. The normalized spacial score (nSPS) is 15.8. The van der Waals surface area contributed by atoms with Gasteiger partial charge in [-0.2, -0.15) is 0 Å². The third kappa shape index (κ3) is 4.12. The fraction of sp³-hybridized carbons (Fsp3) is 0.286. The molecule has 0 radical (unpaired) electrons. The van der Waals surface area contributed by atoms with Crippen molar-refractivity contribution in [3.63, 3.8) is 0 Å². The number of aromatic nitrogens is 2. The van der Waals surface area contributed by atoms with E-state index in [9.17, 15) is 4.79 Å². The maximum absolute atomic E-state index is 13.0. The number of ether oxygens (including phenoxy) is 2. The Morgan fingerprint density at radius 3 is 2.62 bits per heavy atom. The minimum absolute atomic E-state index is 0.00840. The van der Waals surface area contributed by atoms with Gasteiger partial charge in [0.1, 0.15) is 23.9 Å². The van der Waals surface area contributed by atoms with Crippen LogP contribution in [0.3, 0.4) is 0 Å². The van der Waals surface area contributed by atoms with Crippen molar-refractivity contribution in [3.05, 3.63) is 83.7 Å². The van der Waals surface area contributed by atoms with Gasteiger partial charge in [0.2, 0.25) is 5.91 Å². The molecule has 6 heteroatoms. The molecule has 1 aliphatic rings. The van der Waals surface area contributed by atoms with Crippen molar-refractivity contribution in [3.8, 4) is 11.5 Å². The molecule has 1 aromatic heterocycles. The Kier molecular flexibility index (Phi) is 5.97. The highest BCUT2D eigenvalue weighted by Crippen LogP contribution is 2.37. The van der Waals surface area contributed by atoms with Crippen molar-refractivity contribution < 1.29 is 14.3 Å². The summed E-state index contributed by atoms with van der Waals surface area (Å²) in [6.45, 7) is 5.89. The van der Waals surface area contributed by atoms with E-state index in [0.717, 1.165) is 33.9 Å². The number of rotatable bonds is 7. The van der Waals surface area contributed by atoms with Gasteiger partial charge in [-0.15, -0.1) is 0 Å². The van der Waals surface area contributed by atoms with Crippen LogP contribution in [0.1, 0.15) is 29.3 Å². The van der Waals surface area contributed by atoms with Gasteiger partial charge in [0, 0.05) is 18.9 Å². The van der Waals surface area contributed by atoms with E-state index in [1.807, 2.05) is 53.4 Å². The lowest BCUT2D eigenvalue weighted by Crippen LogP contribution is -2.25. The number of carbonyl (C=O) groups excluding carboxylic acids is 1. The van der Waals surface area contributed by atoms with Crippen molar-refractivity contribution in [2.24, 2.45) is 0 Å². The summed E-state index contributed by atoms with van der Waals surface area (Å²) < 4.78 is 13.8. The molecule has 1 amide bonds. The number of para-hydroxylation sites is 4. The number of amides is 1. The zero-order chi connectivity index (χ0) is 23.7. The molecular weight excluding hydrogens is 426 g/mol. The van der Waals surface area contributed by atoms with Gasteiger partial charge in [-0.3, -0.25) is 4.79 Å². The molecule has 1 fully saturated rings. The van der Waals surface area contributed by atoms with Gasteiger partial charge in [-0.1, -0.05) is 42.0 Å². The van der Waals surface area contributed by atoms with Gasteiger partial charge in [-0.25, -0.2) is 4.98 Å². The third-order valence-corrected chi connectivity index (χ3v) is 6.45. The molecular formula is C28H29N3O3. The van der Waals surface area contributed by atoms with Crippen LogP contribution >= 0.6 is 0 Å². The molecule has 0 unspecified atom stereocenters. The first-order chi connectivity index (χ1) is 16.5. The molecule has 0 saturated carbocycles. The molecule has 0 N–H and O–H groups in total. The number of carbonyl (C=O) groups is 1. The summed E-state index contributed by atoms with van der Waals surface area (Å²) in [4.78, 5) is 19.8. The molecule has 1 aliphatic heterocycles. The van der Waals surface area contributed by atoms with Crippen LogP contribution in [0.5, 0.6) is 11.5 Å². The number of methoxy groups -OCH3 is 1. The van der Waals surface area contributed by atoms with Crippen molar-refractivity contribution >= 4 is 22.6 Å². The lowest BCUT2D eigenvalue weighted by molar-refractivity contribution is -0.117. The summed E-state index contributed by atoms with van der Waals surface area (Å²) in [5.41, 5.74) is 5.15. The maximum Gasteiger partial charge on any atom is 0.227 e. The molecule has 0 bridgehead atoms. The van der Waals surface area contributed by atoms with Crippen LogP contribution in [0.4, 0.5) is 5.69 Å². The first-order valence-electron chi connectivity index (χ1n) is 11.6. The van der Waals surface area contributed by atoms with Crippen molar-refractivity contribution in [2.75, 3.05) is 25.2 Å². The van der Waals surface area contributed by atoms with Gasteiger partial charge in [0.25, 0.3) is 0 Å². The van der Waals surface area contributed by atoms with Gasteiger partial charge in [-0.05, 0) is 49.7 Å². The summed E-state index contributed by atoms with van der Waals surface area (Å²) in [5, 5.41) is 0. The lowest BCUT2D eigenvalue weighted by atomic mass is 10.1. The molecule has 5 rings (SSSR count). The Hall–Kier alpha value is -3.80. The number of imidazole rings is 1. The molecule has 0 aliphatic carbocycles. The van der Waals surface area contributed by atoms with E-state index in [4.69, 9.17) is 14.5 Å². The second kappa shape index (κ2) is 9.21. The first-order valence-corrected chi connectivity index (χ1v) is 11.6.